The summed E-state index contributed by atoms with van der Waals surface area (Å²) in [5.41, 5.74) is 1.85. The van der Waals surface area contributed by atoms with Gasteiger partial charge in [0.25, 0.3) is 5.92 Å². The largest absolute Gasteiger partial charge is 0.378 e. The Morgan fingerprint density at radius 2 is 1.94 bits per heavy atom. The van der Waals surface area contributed by atoms with E-state index in [0.29, 0.717) is 36.0 Å². The molecule has 0 saturated carbocycles. The second-order valence-corrected chi connectivity index (χ2v) is 8.92. The highest BCUT2D eigenvalue weighted by Crippen LogP contribution is 2.36. The molecule has 0 bridgehead atoms. The molecule has 0 atom stereocenters. The summed E-state index contributed by atoms with van der Waals surface area (Å²) in [6, 6.07) is 8.06. The van der Waals surface area contributed by atoms with Crippen LogP contribution < -0.4 is 10.2 Å². The van der Waals surface area contributed by atoms with Gasteiger partial charge in [0.15, 0.2) is 0 Å². The van der Waals surface area contributed by atoms with Crippen molar-refractivity contribution in [2.24, 2.45) is 0 Å². The Hall–Kier alpha value is -2.65. The lowest BCUT2D eigenvalue weighted by Crippen LogP contribution is -2.51. The number of hydrogen-bond acceptors (Lipinski definition) is 7. The minimum absolute atomic E-state index is 0.146. The lowest BCUT2D eigenvalue weighted by Gasteiger charge is -2.41. The van der Waals surface area contributed by atoms with E-state index in [0.717, 1.165) is 50.3 Å². The number of halogens is 2. The summed E-state index contributed by atoms with van der Waals surface area (Å²) < 4.78 is 33.1. The average molecular weight is 443 g/mol. The first-order valence-electron chi connectivity index (χ1n) is 11.2. The standard InChI is InChI=1S/C23H28F2N6O/c24-23(25)4-8-31(15-23)22-11-18(17-2-6-30(7-3-17)19-13-32-14-19)10-21(29-22)28-20-9-16(12-26)1-5-27-20/h1,5,9-12,17,19,26H,2-4,6-8,13-15H2,(H,27,28,29). The molecule has 0 amide bonds. The number of aromatic nitrogens is 2. The number of rotatable bonds is 6. The van der Waals surface area contributed by atoms with E-state index in [4.69, 9.17) is 10.1 Å². The van der Waals surface area contributed by atoms with Crippen molar-refractivity contribution >= 4 is 23.7 Å². The second-order valence-electron chi connectivity index (χ2n) is 8.92. The van der Waals surface area contributed by atoms with Crippen molar-refractivity contribution in [3.63, 3.8) is 0 Å². The summed E-state index contributed by atoms with van der Waals surface area (Å²) in [7, 11) is 0. The summed E-state index contributed by atoms with van der Waals surface area (Å²) in [6.07, 6.45) is 4.80. The minimum Gasteiger partial charge on any atom is -0.378 e. The van der Waals surface area contributed by atoms with Crippen LogP contribution in [0, 0.1) is 5.41 Å². The van der Waals surface area contributed by atoms with Crippen LogP contribution in [0.1, 0.15) is 36.3 Å². The van der Waals surface area contributed by atoms with Crippen molar-refractivity contribution < 1.29 is 13.5 Å². The number of piperidine rings is 1. The average Bonchev–Trinajstić information content (AvgIpc) is 3.13. The van der Waals surface area contributed by atoms with E-state index in [1.807, 2.05) is 12.1 Å². The molecule has 0 aromatic carbocycles. The summed E-state index contributed by atoms with van der Waals surface area (Å²) >= 11 is 0. The highest BCUT2D eigenvalue weighted by atomic mass is 19.3. The van der Waals surface area contributed by atoms with Gasteiger partial charge in [0.05, 0.1) is 25.8 Å². The molecule has 2 N–H and O–H groups in total. The van der Waals surface area contributed by atoms with Gasteiger partial charge in [-0.3, -0.25) is 4.90 Å². The first kappa shape index (κ1) is 21.2. The third-order valence-electron chi connectivity index (χ3n) is 6.67. The van der Waals surface area contributed by atoms with Gasteiger partial charge in [0.2, 0.25) is 0 Å². The maximum atomic E-state index is 13.9. The fourth-order valence-electron chi connectivity index (χ4n) is 4.70. The number of nitrogens with zero attached hydrogens (tertiary/aromatic N) is 4. The van der Waals surface area contributed by atoms with E-state index in [9.17, 15) is 8.78 Å². The molecule has 3 aliphatic heterocycles. The zero-order valence-corrected chi connectivity index (χ0v) is 17.9. The van der Waals surface area contributed by atoms with Crippen molar-refractivity contribution in [2.75, 3.05) is 49.6 Å². The van der Waals surface area contributed by atoms with Gasteiger partial charge in [-0.05, 0) is 67.2 Å². The molecule has 0 unspecified atom stereocenters. The molecule has 3 aliphatic rings. The van der Waals surface area contributed by atoms with Gasteiger partial charge in [0, 0.05) is 25.4 Å². The molecule has 0 spiro atoms. The SMILES string of the molecule is N=Cc1ccnc(Nc2cc(C3CCN(C4COC4)CC3)cc(N3CCC(F)(F)C3)n2)c1. The summed E-state index contributed by atoms with van der Waals surface area (Å²) in [5, 5.41) is 10.7. The van der Waals surface area contributed by atoms with Crippen molar-refractivity contribution in [1.82, 2.24) is 14.9 Å². The highest BCUT2D eigenvalue weighted by molar-refractivity contribution is 5.78. The van der Waals surface area contributed by atoms with E-state index in [1.54, 1.807) is 23.2 Å². The van der Waals surface area contributed by atoms with Crippen LogP contribution >= 0.6 is 0 Å². The molecule has 0 radical (unpaired) electrons. The van der Waals surface area contributed by atoms with E-state index < -0.39 is 5.92 Å². The predicted molar refractivity (Wildman–Crippen MR) is 120 cm³/mol. The van der Waals surface area contributed by atoms with Crippen LogP contribution in [0.15, 0.2) is 30.5 Å². The molecular formula is C23H28F2N6O. The first-order chi connectivity index (χ1) is 15.5. The Bertz CT molecular complexity index is 975. The molecule has 5 heterocycles. The van der Waals surface area contributed by atoms with Crippen molar-refractivity contribution in [1.29, 1.82) is 5.41 Å². The lowest BCUT2D eigenvalue weighted by atomic mass is 9.89. The molecule has 170 valence electrons. The Kier molecular flexibility index (Phi) is 5.77. The van der Waals surface area contributed by atoms with Gasteiger partial charge >= 0.3 is 0 Å². The van der Waals surface area contributed by atoms with Gasteiger partial charge in [0.1, 0.15) is 17.5 Å². The number of hydrogen-bond donors (Lipinski definition) is 2. The van der Waals surface area contributed by atoms with Gasteiger partial charge in [-0.2, -0.15) is 0 Å². The van der Waals surface area contributed by atoms with Crippen LogP contribution in [-0.2, 0) is 4.74 Å². The zero-order valence-electron chi connectivity index (χ0n) is 17.9. The van der Waals surface area contributed by atoms with Crippen molar-refractivity contribution in [2.45, 2.75) is 37.1 Å². The first-order valence-corrected chi connectivity index (χ1v) is 11.2. The summed E-state index contributed by atoms with van der Waals surface area (Å²) in [4.78, 5) is 13.1. The van der Waals surface area contributed by atoms with Crippen molar-refractivity contribution in [3.05, 3.63) is 41.6 Å². The molecule has 7 nitrogen and oxygen atoms in total. The Labute approximate surface area is 186 Å². The van der Waals surface area contributed by atoms with Crippen molar-refractivity contribution in [3.8, 4) is 0 Å². The van der Waals surface area contributed by atoms with Crippen LogP contribution in [0.2, 0.25) is 0 Å². The zero-order chi connectivity index (χ0) is 22.1. The maximum Gasteiger partial charge on any atom is 0.266 e. The lowest BCUT2D eigenvalue weighted by molar-refractivity contribution is -0.0712. The van der Waals surface area contributed by atoms with E-state index in [1.165, 1.54) is 6.21 Å². The van der Waals surface area contributed by atoms with Crippen LogP contribution in [0.5, 0.6) is 0 Å². The molecule has 9 heteroatoms. The summed E-state index contributed by atoms with van der Waals surface area (Å²) in [6.45, 7) is 3.68. The van der Waals surface area contributed by atoms with Crippen LogP contribution in [0.25, 0.3) is 0 Å². The van der Waals surface area contributed by atoms with Gasteiger partial charge < -0.3 is 20.4 Å². The third-order valence-corrected chi connectivity index (χ3v) is 6.67. The van der Waals surface area contributed by atoms with Crippen LogP contribution in [0.3, 0.4) is 0 Å². The van der Waals surface area contributed by atoms with E-state index in [-0.39, 0.29) is 13.0 Å². The van der Waals surface area contributed by atoms with E-state index in [2.05, 4.69) is 20.2 Å². The molecule has 3 saturated heterocycles. The number of ether oxygens (including phenoxy) is 1. The predicted octanol–water partition coefficient (Wildman–Crippen LogP) is 3.64. The topological polar surface area (TPSA) is 77.4 Å². The number of nitrogens with one attached hydrogen (secondary N) is 2. The Morgan fingerprint density at radius 1 is 1.12 bits per heavy atom. The Morgan fingerprint density at radius 3 is 2.59 bits per heavy atom. The molecule has 32 heavy (non-hydrogen) atoms. The molecule has 0 aliphatic carbocycles. The van der Waals surface area contributed by atoms with Crippen LogP contribution in [0.4, 0.5) is 26.2 Å². The number of pyridine rings is 2. The van der Waals surface area contributed by atoms with Gasteiger partial charge in [-0.1, -0.05) is 0 Å². The molecule has 3 fully saturated rings. The molecule has 2 aromatic heterocycles. The van der Waals surface area contributed by atoms with Crippen LogP contribution in [-0.4, -0.2) is 72.4 Å². The highest BCUT2D eigenvalue weighted by Gasteiger charge is 2.39. The minimum atomic E-state index is -2.68. The smallest absolute Gasteiger partial charge is 0.266 e. The monoisotopic (exact) mass is 442 g/mol. The number of alkyl halides is 2. The number of anilines is 3. The normalized spacial score (nSPS) is 22.0. The second kappa shape index (κ2) is 8.71. The molecule has 2 aromatic rings. The third kappa shape index (κ3) is 4.59. The van der Waals surface area contributed by atoms with E-state index >= 15 is 0 Å². The molecule has 5 rings (SSSR count). The van der Waals surface area contributed by atoms with Gasteiger partial charge in [-0.15, -0.1) is 0 Å². The molecular weight excluding hydrogens is 414 g/mol. The fraction of sp³-hybridized carbons (Fsp3) is 0.522. The number of likely N-dealkylation sites (tertiary alicyclic amines) is 1. The maximum absolute atomic E-state index is 13.9. The fourth-order valence-corrected chi connectivity index (χ4v) is 4.70. The van der Waals surface area contributed by atoms with Gasteiger partial charge in [-0.25, -0.2) is 18.7 Å². The quantitative estimate of drug-likeness (QED) is 0.666. The Balaban J connectivity index is 1.39. The summed E-state index contributed by atoms with van der Waals surface area (Å²) in [5.74, 6) is -0.564.